The van der Waals surface area contributed by atoms with Gasteiger partial charge in [0.2, 0.25) is 0 Å². The number of likely N-dealkylation sites (N-methyl/N-ethyl adjacent to an activating group) is 1. The van der Waals surface area contributed by atoms with Crippen molar-refractivity contribution in [1.82, 2.24) is 5.32 Å². The highest BCUT2D eigenvalue weighted by molar-refractivity contribution is 5.37. The summed E-state index contributed by atoms with van der Waals surface area (Å²) >= 11 is 0. The molecule has 0 saturated carbocycles. The second-order valence-corrected chi connectivity index (χ2v) is 5.31. The quantitative estimate of drug-likeness (QED) is 0.696. The zero-order chi connectivity index (χ0) is 15.7. The Morgan fingerprint density at radius 1 is 1.10 bits per heavy atom. The van der Waals surface area contributed by atoms with E-state index in [0.717, 1.165) is 38.2 Å². The molecule has 1 aromatic carbocycles. The Labute approximate surface area is 130 Å². The molecule has 0 fully saturated rings. The molecule has 0 spiro atoms. The summed E-state index contributed by atoms with van der Waals surface area (Å²) in [5.41, 5.74) is 0.987. The second-order valence-electron chi connectivity index (χ2n) is 5.31. The van der Waals surface area contributed by atoms with E-state index in [4.69, 9.17) is 9.47 Å². The van der Waals surface area contributed by atoms with Crippen LogP contribution in [-0.4, -0.2) is 25.9 Å². The number of para-hydroxylation sites is 1. The van der Waals surface area contributed by atoms with Crippen molar-refractivity contribution in [3.8, 4) is 5.75 Å². The second kappa shape index (κ2) is 9.06. The first-order valence-electron chi connectivity index (χ1n) is 8.21. The number of hydrogen-bond donors (Lipinski definition) is 1. The van der Waals surface area contributed by atoms with E-state index in [1.54, 1.807) is 0 Å². The smallest absolute Gasteiger partial charge is 0.124 e. The molecular weight excluding hydrogens is 262 g/mol. The number of ether oxygens (including phenoxy) is 2. The maximum Gasteiger partial charge on any atom is 0.124 e. The van der Waals surface area contributed by atoms with Crippen LogP contribution < -0.4 is 10.1 Å². The largest absolute Gasteiger partial charge is 0.493 e. The molecular formula is C18H31NO2. The molecule has 0 bridgehead atoms. The maximum atomic E-state index is 6.18. The van der Waals surface area contributed by atoms with Crippen molar-refractivity contribution in [3.63, 3.8) is 0 Å². The summed E-state index contributed by atoms with van der Waals surface area (Å²) in [6, 6.07) is 8.42. The Hall–Kier alpha value is -1.06. The molecule has 3 nitrogen and oxygen atoms in total. The van der Waals surface area contributed by atoms with Crippen LogP contribution in [0, 0.1) is 0 Å². The Kier molecular flexibility index (Phi) is 7.76. The van der Waals surface area contributed by atoms with E-state index in [1.165, 1.54) is 5.56 Å². The van der Waals surface area contributed by atoms with E-state index >= 15 is 0 Å². The molecule has 0 aliphatic heterocycles. The zero-order valence-electron chi connectivity index (χ0n) is 14.2. The van der Waals surface area contributed by atoms with Gasteiger partial charge in [-0.3, -0.25) is 0 Å². The van der Waals surface area contributed by atoms with E-state index in [9.17, 15) is 0 Å². The van der Waals surface area contributed by atoms with Crippen molar-refractivity contribution in [1.29, 1.82) is 0 Å². The summed E-state index contributed by atoms with van der Waals surface area (Å²) in [7, 11) is 2.00. The summed E-state index contributed by atoms with van der Waals surface area (Å²) in [6.45, 7) is 10.0. The first kappa shape index (κ1) is 18.0. The third-order valence-corrected chi connectivity index (χ3v) is 4.14. The number of nitrogens with one attached hydrogen (secondary N) is 1. The van der Waals surface area contributed by atoms with Gasteiger partial charge in [0.25, 0.3) is 0 Å². The molecule has 1 aromatic rings. The average molecular weight is 293 g/mol. The monoisotopic (exact) mass is 293 g/mol. The minimum atomic E-state index is -0.199. The van der Waals surface area contributed by atoms with E-state index in [0.29, 0.717) is 0 Å². The summed E-state index contributed by atoms with van der Waals surface area (Å²) in [6.07, 6.45) is 2.94. The van der Waals surface area contributed by atoms with Crippen molar-refractivity contribution in [3.05, 3.63) is 29.8 Å². The van der Waals surface area contributed by atoms with Gasteiger partial charge >= 0.3 is 0 Å². The normalized spacial score (nSPS) is 13.2. The molecule has 1 unspecified atom stereocenters. The average Bonchev–Trinajstić information content (AvgIpc) is 2.53. The van der Waals surface area contributed by atoms with E-state index in [2.05, 4.69) is 51.2 Å². The SMILES string of the molecule is CCCOc1ccccc1C(NC)C(CC)(CC)OCC. The lowest BCUT2D eigenvalue weighted by Crippen LogP contribution is -2.44. The van der Waals surface area contributed by atoms with Crippen LogP contribution in [0.4, 0.5) is 0 Å². The Morgan fingerprint density at radius 2 is 1.76 bits per heavy atom. The minimum absolute atomic E-state index is 0.125. The Morgan fingerprint density at radius 3 is 2.29 bits per heavy atom. The first-order chi connectivity index (χ1) is 10.2. The topological polar surface area (TPSA) is 30.5 Å². The molecule has 0 aliphatic rings. The molecule has 0 radical (unpaired) electrons. The third-order valence-electron chi connectivity index (χ3n) is 4.14. The van der Waals surface area contributed by atoms with Crippen LogP contribution in [0.15, 0.2) is 24.3 Å². The van der Waals surface area contributed by atoms with Crippen LogP contribution >= 0.6 is 0 Å². The number of rotatable bonds is 10. The third kappa shape index (κ3) is 4.21. The fraction of sp³-hybridized carbons (Fsp3) is 0.667. The molecule has 0 aromatic heterocycles. The van der Waals surface area contributed by atoms with Crippen LogP contribution in [0.2, 0.25) is 0 Å². The molecule has 1 atom stereocenters. The van der Waals surface area contributed by atoms with Crippen molar-refractivity contribution >= 4 is 0 Å². The molecule has 1 N–H and O–H groups in total. The zero-order valence-corrected chi connectivity index (χ0v) is 14.2. The molecule has 1 rings (SSSR count). The molecule has 3 heteroatoms. The van der Waals surface area contributed by atoms with Crippen molar-refractivity contribution < 1.29 is 9.47 Å². The highest BCUT2D eigenvalue weighted by atomic mass is 16.5. The summed E-state index contributed by atoms with van der Waals surface area (Å²) in [5.74, 6) is 0.963. The van der Waals surface area contributed by atoms with Crippen LogP contribution in [0.5, 0.6) is 5.75 Å². The van der Waals surface area contributed by atoms with Gasteiger partial charge in [0.05, 0.1) is 18.2 Å². The molecule has 21 heavy (non-hydrogen) atoms. The maximum absolute atomic E-state index is 6.18. The van der Waals surface area contributed by atoms with E-state index in [-0.39, 0.29) is 11.6 Å². The lowest BCUT2D eigenvalue weighted by atomic mass is 9.83. The van der Waals surface area contributed by atoms with Gasteiger partial charge < -0.3 is 14.8 Å². The van der Waals surface area contributed by atoms with Gasteiger partial charge in [-0.05, 0) is 39.3 Å². The molecule has 0 amide bonds. The van der Waals surface area contributed by atoms with Crippen molar-refractivity contribution in [2.45, 2.75) is 58.6 Å². The standard InChI is InChI=1S/C18H31NO2/c1-6-14-20-16-13-11-10-12-15(16)17(19-5)18(7-2,8-3)21-9-4/h10-13,17,19H,6-9,14H2,1-5H3. The number of hydrogen-bond acceptors (Lipinski definition) is 3. The van der Waals surface area contributed by atoms with Crippen molar-refractivity contribution in [2.24, 2.45) is 0 Å². The predicted octanol–water partition coefficient (Wildman–Crippen LogP) is 4.33. The van der Waals surface area contributed by atoms with Gasteiger partial charge in [0.1, 0.15) is 5.75 Å². The van der Waals surface area contributed by atoms with Gasteiger partial charge in [-0.1, -0.05) is 39.0 Å². The summed E-state index contributed by atoms with van der Waals surface area (Å²) in [5, 5.41) is 3.46. The fourth-order valence-corrected chi connectivity index (χ4v) is 3.00. The molecule has 0 aliphatic carbocycles. The molecule has 120 valence electrons. The van der Waals surface area contributed by atoms with Gasteiger partial charge in [-0.25, -0.2) is 0 Å². The van der Waals surface area contributed by atoms with Crippen LogP contribution in [0.25, 0.3) is 0 Å². The Balaban J connectivity index is 3.18. The van der Waals surface area contributed by atoms with Crippen LogP contribution in [0.1, 0.15) is 58.6 Å². The fourth-order valence-electron chi connectivity index (χ4n) is 3.00. The summed E-state index contributed by atoms with van der Waals surface area (Å²) < 4.78 is 12.1. The van der Waals surface area contributed by atoms with E-state index in [1.807, 2.05) is 13.1 Å². The van der Waals surface area contributed by atoms with Crippen LogP contribution in [0.3, 0.4) is 0 Å². The van der Waals surface area contributed by atoms with Gasteiger partial charge in [-0.15, -0.1) is 0 Å². The first-order valence-corrected chi connectivity index (χ1v) is 8.21. The Bertz CT molecular complexity index is 402. The highest BCUT2D eigenvalue weighted by Gasteiger charge is 2.38. The molecule has 0 heterocycles. The van der Waals surface area contributed by atoms with Gasteiger partial charge in [0.15, 0.2) is 0 Å². The van der Waals surface area contributed by atoms with Gasteiger partial charge in [0, 0.05) is 12.2 Å². The number of benzene rings is 1. The summed E-state index contributed by atoms with van der Waals surface area (Å²) in [4.78, 5) is 0. The highest BCUT2D eigenvalue weighted by Crippen LogP contribution is 2.39. The lowest BCUT2D eigenvalue weighted by molar-refractivity contribution is -0.0722. The van der Waals surface area contributed by atoms with E-state index < -0.39 is 0 Å². The lowest BCUT2D eigenvalue weighted by Gasteiger charge is -2.40. The van der Waals surface area contributed by atoms with Crippen LogP contribution in [-0.2, 0) is 4.74 Å². The molecule has 0 saturated heterocycles. The van der Waals surface area contributed by atoms with Crippen molar-refractivity contribution in [2.75, 3.05) is 20.3 Å². The minimum Gasteiger partial charge on any atom is -0.493 e. The predicted molar refractivity (Wildman–Crippen MR) is 89.0 cm³/mol. The van der Waals surface area contributed by atoms with Gasteiger partial charge in [-0.2, -0.15) is 0 Å².